The van der Waals surface area contributed by atoms with Crippen molar-refractivity contribution in [1.82, 2.24) is 15.3 Å². The van der Waals surface area contributed by atoms with Gasteiger partial charge in [0, 0.05) is 24.3 Å². The molecule has 0 bridgehead atoms. The second kappa shape index (κ2) is 6.53. The number of piperidine rings is 1. The number of rotatable bonds is 6. The summed E-state index contributed by atoms with van der Waals surface area (Å²) in [6.07, 6.45) is 9.22. The third-order valence-electron chi connectivity index (χ3n) is 4.41. The summed E-state index contributed by atoms with van der Waals surface area (Å²) in [5, 5.41) is 3.45. The maximum absolute atomic E-state index is 4.55. The number of anilines is 1. The molecule has 1 saturated heterocycles. The molecule has 1 aliphatic heterocycles. The number of hydrogen-bond donors (Lipinski definition) is 1. The summed E-state index contributed by atoms with van der Waals surface area (Å²) in [5.74, 6) is 1.98. The van der Waals surface area contributed by atoms with Gasteiger partial charge in [-0.2, -0.15) is 0 Å². The van der Waals surface area contributed by atoms with E-state index in [9.17, 15) is 0 Å². The highest BCUT2D eigenvalue weighted by Crippen LogP contribution is 2.32. The van der Waals surface area contributed by atoms with Crippen LogP contribution in [0.15, 0.2) is 12.4 Å². The second-order valence-corrected chi connectivity index (χ2v) is 6.19. The number of nitrogens with one attached hydrogen (secondary N) is 1. The molecule has 0 unspecified atom stereocenters. The minimum atomic E-state index is 0.731. The summed E-state index contributed by atoms with van der Waals surface area (Å²) in [6, 6.07) is 2.94. The van der Waals surface area contributed by atoms with E-state index in [1.807, 2.05) is 0 Å². The van der Waals surface area contributed by atoms with E-state index in [1.165, 1.54) is 51.0 Å². The summed E-state index contributed by atoms with van der Waals surface area (Å²) in [6.45, 7) is 5.73. The van der Waals surface area contributed by atoms with Crippen molar-refractivity contribution < 1.29 is 0 Å². The van der Waals surface area contributed by atoms with E-state index in [0.29, 0.717) is 0 Å². The van der Waals surface area contributed by atoms with Gasteiger partial charge in [0.1, 0.15) is 12.1 Å². The molecule has 3 rings (SSSR count). The summed E-state index contributed by atoms with van der Waals surface area (Å²) >= 11 is 0. The largest absolute Gasteiger partial charge is 0.353 e. The Morgan fingerprint density at radius 3 is 2.70 bits per heavy atom. The van der Waals surface area contributed by atoms with Crippen LogP contribution < -0.4 is 10.2 Å². The molecule has 2 fully saturated rings. The molecule has 0 amide bonds. The molecule has 0 spiro atoms. The van der Waals surface area contributed by atoms with Gasteiger partial charge in [0.25, 0.3) is 0 Å². The molecule has 1 saturated carbocycles. The van der Waals surface area contributed by atoms with Gasteiger partial charge in [0.2, 0.25) is 0 Å². The smallest absolute Gasteiger partial charge is 0.132 e. The zero-order valence-corrected chi connectivity index (χ0v) is 12.5. The highest BCUT2D eigenvalue weighted by Gasteiger charge is 2.32. The van der Waals surface area contributed by atoms with Crippen LogP contribution in [0.4, 0.5) is 5.82 Å². The molecule has 110 valence electrons. The third kappa shape index (κ3) is 3.48. The van der Waals surface area contributed by atoms with Crippen LogP contribution in [0.3, 0.4) is 0 Å². The summed E-state index contributed by atoms with van der Waals surface area (Å²) < 4.78 is 0. The van der Waals surface area contributed by atoms with Crippen molar-refractivity contribution in [3.63, 3.8) is 0 Å². The summed E-state index contributed by atoms with van der Waals surface area (Å²) in [7, 11) is 0. The Morgan fingerprint density at radius 1 is 1.20 bits per heavy atom. The Morgan fingerprint density at radius 2 is 2.00 bits per heavy atom. The first-order chi connectivity index (χ1) is 9.86. The number of hydrogen-bond acceptors (Lipinski definition) is 4. The van der Waals surface area contributed by atoms with E-state index >= 15 is 0 Å². The fraction of sp³-hybridized carbons (Fsp3) is 0.750. The molecule has 0 atom stereocenters. The summed E-state index contributed by atoms with van der Waals surface area (Å²) in [4.78, 5) is 11.5. The Kier molecular flexibility index (Phi) is 4.51. The van der Waals surface area contributed by atoms with Gasteiger partial charge in [-0.1, -0.05) is 13.3 Å². The predicted octanol–water partition coefficient (Wildman–Crippen LogP) is 2.40. The van der Waals surface area contributed by atoms with E-state index < -0.39 is 0 Å². The van der Waals surface area contributed by atoms with Crippen LogP contribution >= 0.6 is 0 Å². The Hall–Kier alpha value is -1.16. The minimum absolute atomic E-state index is 0.731. The zero-order valence-electron chi connectivity index (χ0n) is 12.5. The molecule has 4 nitrogen and oxygen atoms in total. The number of aryl methyl sites for hydroxylation is 1. The van der Waals surface area contributed by atoms with Gasteiger partial charge in [0.15, 0.2) is 0 Å². The van der Waals surface area contributed by atoms with Gasteiger partial charge >= 0.3 is 0 Å². The summed E-state index contributed by atoms with van der Waals surface area (Å²) in [5.41, 5.74) is 1.19. The van der Waals surface area contributed by atoms with Crippen molar-refractivity contribution in [2.45, 2.75) is 51.5 Å². The molecule has 1 N–H and O–H groups in total. The fourth-order valence-electron chi connectivity index (χ4n) is 3.09. The van der Waals surface area contributed by atoms with E-state index in [0.717, 1.165) is 30.6 Å². The lowest BCUT2D eigenvalue weighted by Crippen LogP contribution is -2.37. The van der Waals surface area contributed by atoms with Crippen molar-refractivity contribution in [3.05, 3.63) is 18.1 Å². The molecule has 4 heteroatoms. The van der Waals surface area contributed by atoms with Crippen molar-refractivity contribution in [1.29, 1.82) is 0 Å². The number of aromatic nitrogens is 2. The Balaban J connectivity index is 1.70. The normalized spacial score (nSPS) is 20.1. The second-order valence-electron chi connectivity index (χ2n) is 6.19. The first-order valence-electron chi connectivity index (χ1n) is 8.15. The van der Waals surface area contributed by atoms with E-state index in [4.69, 9.17) is 0 Å². The van der Waals surface area contributed by atoms with Crippen LogP contribution in [0.2, 0.25) is 0 Å². The lowest BCUT2D eigenvalue weighted by molar-refractivity contribution is 0.372. The fourth-order valence-corrected chi connectivity index (χ4v) is 3.09. The van der Waals surface area contributed by atoms with Crippen LogP contribution in [0.1, 0.15) is 44.7 Å². The quantitative estimate of drug-likeness (QED) is 0.865. The topological polar surface area (TPSA) is 41.0 Å². The van der Waals surface area contributed by atoms with E-state index in [-0.39, 0.29) is 0 Å². The van der Waals surface area contributed by atoms with Crippen molar-refractivity contribution in [2.75, 3.05) is 24.5 Å². The highest BCUT2D eigenvalue weighted by atomic mass is 15.2. The molecular formula is C16H26N4. The predicted molar refractivity (Wildman–Crippen MR) is 82.0 cm³/mol. The maximum atomic E-state index is 4.55. The molecule has 1 aromatic rings. The maximum Gasteiger partial charge on any atom is 0.132 e. The lowest BCUT2D eigenvalue weighted by Gasteiger charge is -2.31. The molecule has 1 aliphatic carbocycles. The first kappa shape index (κ1) is 13.8. The molecule has 0 radical (unpaired) electrons. The Labute approximate surface area is 122 Å². The van der Waals surface area contributed by atoms with Gasteiger partial charge < -0.3 is 10.2 Å². The molecule has 2 aliphatic rings. The van der Waals surface area contributed by atoms with Gasteiger partial charge in [-0.25, -0.2) is 9.97 Å². The van der Waals surface area contributed by atoms with Gasteiger partial charge in [-0.05, 0) is 51.1 Å². The van der Waals surface area contributed by atoms with Crippen LogP contribution in [-0.2, 0) is 6.42 Å². The SMILES string of the molecule is CCCc1cc(N(CC2CCNCC2)C2CC2)ncn1. The van der Waals surface area contributed by atoms with E-state index in [2.05, 4.69) is 33.2 Å². The van der Waals surface area contributed by atoms with Gasteiger partial charge in [-0.3, -0.25) is 0 Å². The molecule has 2 heterocycles. The van der Waals surface area contributed by atoms with Crippen molar-refractivity contribution >= 4 is 5.82 Å². The van der Waals surface area contributed by atoms with Crippen LogP contribution in [0.25, 0.3) is 0 Å². The third-order valence-corrected chi connectivity index (χ3v) is 4.41. The molecular weight excluding hydrogens is 248 g/mol. The molecule has 20 heavy (non-hydrogen) atoms. The zero-order chi connectivity index (χ0) is 13.8. The van der Waals surface area contributed by atoms with Crippen molar-refractivity contribution in [3.8, 4) is 0 Å². The molecule has 1 aromatic heterocycles. The highest BCUT2D eigenvalue weighted by molar-refractivity contribution is 5.42. The lowest BCUT2D eigenvalue weighted by atomic mass is 9.97. The average Bonchev–Trinajstić information content (AvgIpc) is 3.31. The monoisotopic (exact) mass is 274 g/mol. The van der Waals surface area contributed by atoms with E-state index in [1.54, 1.807) is 6.33 Å². The van der Waals surface area contributed by atoms with Crippen LogP contribution in [-0.4, -0.2) is 35.6 Å². The van der Waals surface area contributed by atoms with Crippen molar-refractivity contribution in [2.24, 2.45) is 5.92 Å². The van der Waals surface area contributed by atoms with Crippen LogP contribution in [0.5, 0.6) is 0 Å². The first-order valence-corrected chi connectivity index (χ1v) is 8.15. The molecule has 0 aromatic carbocycles. The van der Waals surface area contributed by atoms with Gasteiger partial charge in [0.05, 0.1) is 0 Å². The number of nitrogens with zero attached hydrogens (tertiary/aromatic N) is 3. The average molecular weight is 274 g/mol. The van der Waals surface area contributed by atoms with Crippen LogP contribution in [0, 0.1) is 5.92 Å². The van der Waals surface area contributed by atoms with Gasteiger partial charge in [-0.15, -0.1) is 0 Å². The Bertz CT molecular complexity index is 424. The standard InChI is InChI=1S/C16H26N4/c1-2-3-14-10-16(19-12-18-14)20(15-4-5-15)11-13-6-8-17-9-7-13/h10,12-13,15,17H,2-9,11H2,1H3. The minimum Gasteiger partial charge on any atom is -0.353 e.